The van der Waals surface area contributed by atoms with Gasteiger partial charge in [-0.1, -0.05) is 170 Å². The van der Waals surface area contributed by atoms with Gasteiger partial charge >= 0.3 is 0 Å². The Morgan fingerprint density at radius 1 is 0.300 bits per heavy atom. The first-order chi connectivity index (χ1) is 19.7. The van der Waals surface area contributed by atoms with Crippen LogP contribution in [0.4, 0.5) is 0 Å². The van der Waals surface area contributed by atoms with E-state index in [-0.39, 0.29) is 11.6 Å². The molecule has 0 saturated carbocycles. The van der Waals surface area contributed by atoms with E-state index in [2.05, 4.69) is 12.1 Å². The predicted octanol–water partition coefficient (Wildman–Crippen LogP) is 9.17. The summed E-state index contributed by atoms with van der Waals surface area (Å²) in [5.41, 5.74) is 7.22. The summed E-state index contributed by atoms with van der Waals surface area (Å²) in [6, 6.07) is 54.4. The quantitative estimate of drug-likeness (QED) is 0.207. The monoisotopic (exact) mass is 516 g/mol. The lowest BCUT2D eigenvalue weighted by Crippen LogP contribution is -2.03. The molecule has 192 valence electrons. The second kappa shape index (κ2) is 12.9. The molecule has 6 aromatic rings. The molecule has 0 aliphatic rings. The van der Waals surface area contributed by atoms with Gasteiger partial charge in [0.05, 0.1) is 0 Å². The van der Waals surface area contributed by atoms with Crippen molar-refractivity contribution in [2.75, 3.05) is 0 Å². The smallest absolute Gasteiger partial charge is 0.193 e. The van der Waals surface area contributed by atoms with Crippen molar-refractivity contribution in [1.82, 2.24) is 0 Å². The van der Waals surface area contributed by atoms with Gasteiger partial charge in [-0.25, -0.2) is 0 Å². The summed E-state index contributed by atoms with van der Waals surface area (Å²) < 4.78 is 0. The fourth-order valence-electron chi connectivity index (χ4n) is 4.50. The third-order valence-corrected chi connectivity index (χ3v) is 6.58. The molecule has 0 aromatic heterocycles. The van der Waals surface area contributed by atoms with Crippen molar-refractivity contribution >= 4 is 11.6 Å². The van der Waals surface area contributed by atoms with Gasteiger partial charge in [0, 0.05) is 22.3 Å². The van der Waals surface area contributed by atoms with Crippen molar-refractivity contribution in [3.05, 3.63) is 192 Å². The molecule has 40 heavy (non-hydrogen) atoms. The lowest BCUT2D eigenvalue weighted by molar-refractivity contribution is 0.103. The van der Waals surface area contributed by atoms with Crippen molar-refractivity contribution in [3.8, 4) is 22.3 Å². The van der Waals surface area contributed by atoms with Crippen LogP contribution in [-0.2, 0) is 0 Å². The second-order valence-electron chi connectivity index (χ2n) is 9.25. The summed E-state index contributed by atoms with van der Waals surface area (Å²) in [4.78, 5) is 24.9. The first kappa shape index (κ1) is 26.3. The maximum Gasteiger partial charge on any atom is 0.193 e. The molecule has 6 rings (SSSR count). The van der Waals surface area contributed by atoms with Crippen molar-refractivity contribution in [2.24, 2.45) is 0 Å². The standard InChI is InChI=1S/2C19H14O/c20-19(16-11-5-2-6-12-16)18-14-8-7-13-17(18)15-9-3-1-4-10-15;20-19(17-9-5-2-6-10-17)18-13-11-16(12-14-18)15-7-3-1-4-8-15/h2*1-14H. The highest BCUT2D eigenvalue weighted by atomic mass is 16.1. The lowest BCUT2D eigenvalue weighted by atomic mass is 9.94. The molecule has 0 saturated heterocycles. The zero-order valence-electron chi connectivity index (χ0n) is 22.0. The van der Waals surface area contributed by atoms with Gasteiger partial charge in [0.2, 0.25) is 0 Å². The topological polar surface area (TPSA) is 34.1 Å². The molecule has 0 atom stereocenters. The Hall–Kier alpha value is -5.34. The maximum atomic E-state index is 12.6. The van der Waals surface area contributed by atoms with Crippen molar-refractivity contribution in [2.45, 2.75) is 0 Å². The second-order valence-corrected chi connectivity index (χ2v) is 9.25. The summed E-state index contributed by atoms with van der Waals surface area (Å²) in [7, 11) is 0. The number of carbonyl (C=O) groups excluding carboxylic acids is 2. The molecule has 0 amide bonds. The van der Waals surface area contributed by atoms with Crippen LogP contribution in [0.3, 0.4) is 0 Å². The van der Waals surface area contributed by atoms with Crippen LogP contribution in [0.1, 0.15) is 31.8 Å². The Morgan fingerprint density at radius 3 is 1.23 bits per heavy atom. The van der Waals surface area contributed by atoms with Crippen LogP contribution >= 0.6 is 0 Å². The van der Waals surface area contributed by atoms with Crippen molar-refractivity contribution in [3.63, 3.8) is 0 Å². The number of benzene rings is 6. The van der Waals surface area contributed by atoms with Gasteiger partial charge in [-0.05, 0) is 22.3 Å². The van der Waals surface area contributed by atoms with E-state index < -0.39 is 0 Å². The molecule has 2 nitrogen and oxygen atoms in total. The number of ketones is 2. The minimum atomic E-state index is 0.0602. The molecular formula is C38H28O2. The Labute approximate surface area is 235 Å². The number of hydrogen-bond donors (Lipinski definition) is 0. The molecule has 0 aliphatic heterocycles. The Kier molecular flexibility index (Phi) is 8.50. The van der Waals surface area contributed by atoms with Crippen LogP contribution in [0.2, 0.25) is 0 Å². The van der Waals surface area contributed by atoms with Gasteiger partial charge in [0.1, 0.15) is 0 Å². The highest BCUT2D eigenvalue weighted by Gasteiger charge is 2.13. The molecule has 0 aliphatic carbocycles. The Bertz CT molecular complexity index is 1670. The van der Waals surface area contributed by atoms with E-state index >= 15 is 0 Å². The van der Waals surface area contributed by atoms with Crippen LogP contribution in [0.15, 0.2) is 170 Å². The van der Waals surface area contributed by atoms with Gasteiger partial charge in [-0.15, -0.1) is 0 Å². The molecule has 0 unspecified atom stereocenters. The summed E-state index contributed by atoms with van der Waals surface area (Å²) in [5.74, 6) is 0.121. The van der Waals surface area contributed by atoms with Crippen LogP contribution in [0.5, 0.6) is 0 Å². The summed E-state index contributed by atoms with van der Waals surface area (Å²) in [6.07, 6.45) is 0. The van der Waals surface area contributed by atoms with E-state index in [1.807, 2.05) is 158 Å². The highest BCUT2D eigenvalue weighted by molar-refractivity contribution is 6.12. The van der Waals surface area contributed by atoms with E-state index in [1.165, 1.54) is 0 Å². The van der Waals surface area contributed by atoms with Crippen molar-refractivity contribution in [1.29, 1.82) is 0 Å². The zero-order valence-corrected chi connectivity index (χ0v) is 22.0. The molecular weight excluding hydrogens is 488 g/mol. The van der Waals surface area contributed by atoms with E-state index in [1.54, 1.807) is 0 Å². The summed E-state index contributed by atoms with van der Waals surface area (Å²) in [6.45, 7) is 0. The van der Waals surface area contributed by atoms with Gasteiger partial charge in [-0.2, -0.15) is 0 Å². The molecule has 0 bridgehead atoms. The lowest BCUT2D eigenvalue weighted by Gasteiger charge is -2.09. The highest BCUT2D eigenvalue weighted by Crippen LogP contribution is 2.25. The van der Waals surface area contributed by atoms with E-state index in [4.69, 9.17) is 0 Å². The molecule has 0 N–H and O–H groups in total. The van der Waals surface area contributed by atoms with Crippen LogP contribution in [-0.4, -0.2) is 11.6 Å². The van der Waals surface area contributed by atoms with E-state index in [9.17, 15) is 9.59 Å². The molecule has 2 heteroatoms. The predicted molar refractivity (Wildman–Crippen MR) is 164 cm³/mol. The summed E-state index contributed by atoms with van der Waals surface area (Å²) >= 11 is 0. The average molecular weight is 517 g/mol. The third-order valence-electron chi connectivity index (χ3n) is 6.58. The normalized spacial score (nSPS) is 10.2. The van der Waals surface area contributed by atoms with Gasteiger partial charge in [0.25, 0.3) is 0 Å². The largest absolute Gasteiger partial charge is 0.289 e. The Balaban J connectivity index is 0.000000161. The average Bonchev–Trinajstić information content (AvgIpc) is 3.06. The zero-order chi connectivity index (χ0) is 27.6. The summed E-state index contributed by atoms with van der Waals surface area (Å²) in [5, 5.41) is 0. The Morgan fingerprint density at radius 2 is 0.675 bits per heavy atom. The van der Waals surface area contributed by atoms with Crippen molar-refractivity contribution < 1.29 is 9.59 Å². The molecule has 6 aromatic carbocycles. The molecule has 0 radical (unpaired) electrons. The minimum absolute atomic E-state index is 0.0602. The first-order valence-electron chi connectivity index (χ1n) is 13.2. The number of hydrogen-bond acceptors (Lipinski definition) is 2. The minimum Gasteiger partial charge on any atom is -0.289 e. The fraction of sp³-hybridized carbons (Fsp3) is 0. The number of carbonyl (C=O) groups is 2. The van der Waals surface area contributed by atoms with E-state index in [0.29, 0.717) is 0 Å². The third kappa shape index (κ3) is 6.38. The molecule has 0 heterocycles. The van der Waals surface area contributed by atoms with Gasteiger partial charge < -0.3 is 0 Å². The number of rotatable bonds is 6. The fourth-order valence-corrected chi connectivity index (χ4v) is 4.50. The van der Waals surface area contributed by atoms with Gasteiger partial charge in [-0.3, -0.25) is 9.59 Å². The molecule has 0 spiro atoms. The SMILES string of the molecule is O=C(c1ccccc1)c1ccc(-c2ccccc2)cc1.O=C(c1ccccc1)c1ccccc1-c1ccccc1. The van der Waals surface area contributed by atoms with Crippen LogP contribution in [0, 0.1) is 0 Å². The van der Waals surface area contributed by atoms with E-state index in [0.717, 1.165) is 44.5 Å². The van der Waals surface area contributed by atoms with Crippen LogP contribution in [0.25, 0.3) is 22.3 Å². The maximum absolute atomic E-state index is 12.6. The molecule has 0 fully saturated rings. The van der Waals surface area contributed by atoms with Gasteiger partial charge in [0.15, 0.2) is 11.6 Å². The first-order valence-corrected chi connectivity index (χ1v) is 13.2. The van der Waals surface area contributed by atoms with Crippen LogP contribution < -0.4 is 0 Å².